The summed E-state index contributed by atoms with van der Waals surface area (Å²) in [6.07, 6.45) is 0. The highest BCUT2D eigenvalue weighted by Crippen LogP contribution is 2.45. The molecule has 2 nitrogen and oxygen atoms in total. The fraction of sp³-hybridized carbons (Fsp3) is 0. The maximum atomic E-state index is 2.50. The van der Waals surface area contributed by atoms with Gasteiger partial charge in [0.2, 0.25) is 0 Å². The van der Waals surface area contributed by atoms with Crippen molar-refractivity contribution in [3.8, 4) is 27.9 Å². The first kappa shape index (κ1) is 30.0. The number of para-hydroxylation sites is 2. The van der Waals surface area contributed by atoms with Crippen molar-refractivity contribution in [2.24, 2.45) is 0 Å². The highest BCUT2D eigenvalue weighted by atomic mass is 15.1. The molecule has 0 aliphatic heterocycles. The molecule has 0 atom stereocenters. The number of hydrogen-bond donors (Lipinski definition) is 0. The molecule has 52 heavy (non-hydrogen) atoms. The molecule has 0 bridgehead atoms. The Morgan fingerprint density at radius 3 is 1.63 bits per heavy atom. The molecule has 1 aromatic heterocycles. The van der Waals surface area contributed by atoms with Crippen LogP contribution in [0.5, 0.6) is 0 Å². The van der Waals surface area contributed by atoms with E-state index in [2.05, 4.69) is 216 Å². The second-order valence-corrected chi connectivity index (χ2v) is 13.3. The molecule has 1 heterocycles. The molecule has 244 valence electrons. The Labute approximate surface area is 303 Å². The SMILES string of the molecule is c1ccc(-c2ccc3ccccc3c2-n2c3ccccc3c3ccc(N(c4ccccc4)c4ccc(-c5ccccc5)c5ccccc45)cc32)cc1. The summed E-state index contributed by atoms with van der Waals surface area (Å²) in [5.74, 6) is 0. The zero-order valence-corrected chi connectivity index (χ0v) is 28.5. The smallest absolute Gasteiger partial charge is 0.0618 e. The van der Waals surface area contributed by atoms with Crippen LogP contribution in [0.25, 0.3) is 71.3 Å². The minimum absolute atomic E-state index is 1.10. The minimum Gasteiger partial charge on any atom is -0.310 e. The zero-order valence-electron chi connectivity index (χ0n) is 28.5. The van der Waals surface area contributed by atoms with Crippen molar-refractivity contribution in [3.63, 3.8) is 0 Å². The Morgan fingerprint density at radius 1 is 0.327 bits per heavy atom. The van der Waals surface area contributed by atoms with Crippen LogP contribution in [-0.4, -0.2) is 4.57 Å². The molecule has 0 N–H and O–H groups in total. The summed E-state index contributed by atoms with van der Waals surface area (Å²) in [5.41, 5.74) is 11.7. The maximum absolute atomic E-state index is 2.50. The van der Waals surface area contributed by atoms with E-state index in [1.54, 1.807) is 0 Å². The summed E-state index contributed by atoms with van der Waals surface area (Å²) in [7, 11) is 0. The monoisotopic (exact) mass is 662 g/mol. The van der Waals surface area contributed by atoms with E-state index in [0.29, 0.717) is 0 Å². The van der Waals surface area contributed by atoms with Gasteiger partial charge in [-0.2, -0.15) is 0 Å². The number of rotatable bonds is 6. The van der Waals surface area contributed by atoms with Gasteiger partial charge in [-0.25, -0.2) is 0 Å². The first-order chi connectivity index (χ1) is 25.8. The van der Waals surface area contributed by atoms with Crippen molar-refractivity contribution >= 4 is 60.4 Å². The van der Waals surface area contributed by atoms with E-state index >= 15 is 0 Å². The average Bonchev–Trinajstić information content (AvgIpc) is 3.55. The molecule has 0 spiro atoms. The van der Waals surface area contributed by atoms with Gasteiger partial charge in [-0.3, -0.25) is 0 Å². The van der Waals surface area contributed by atoms with Gasteiger partial charge in [0.1, 0.15) is 0 Å². The quantitative estimate of drug-likeness (QED) is 0.172. The lowest BCUT2D eigenvalue weighted by Crippen LogP contribution is -2.11. The molecule has 2 heteroatoms. The summed E-state index contributed by atoms with van der Waals surface area (Å²) in [4.78, 5) is 2.42. The van der Waals surface area contributed by atoms with Crippen molar-refractivity contribution in [1.29, 1.82) is 0 Å². The van der Waals surface area contributed by atoms with Crippen molar-refractivity contribution in [2.45, 2.75) is 0 Å². The van der Waals surface area contributed by atoms with Gasteiger partial charge >= 0.3 is 0 Å². The molecule has 0 fully saturated rings. The zero-order chi connectivity index (χ0) is 34.4. The third kappa shape index (κ3) is 4.88. The summed E-state index contributed by atoms with van der Waals surface area (Å²) in [5, 5.41) is 7.33. The largest absolute Gasteiger partial charge is 0.310 e. The van der Waals surface area contributed by atoms with E-state index in [1.807, 2.05) is 0 Å². The molecule has 0 radical (unpaired) electrons. The van der Waals surface area contributed by atoms with Gasteiger partial charge in [0.15, 0.2) is 0 Å². The molecule has 10 rings (SSSR count). The third-order valence-corrected chi connectivity index (χ3v) is 10.4. The molecule has 9 aromatic carbocycles. The molecular weight excluding hydrogens is 629 g/mol. The molecule has 0 saturated carbocycles. The molecule has 0 saturated heterocycles. The van der Waals surface area contributed by atoms with E-state index in [0.717, 1.165) is 17.1 Å². The minimum atomic E-state index is 1.10. The lowest BCUT2D eigenvalue weighted by molar-refractivity contribution is 1.19. The van der Waals surface area contributed by atoms with Gasteiger partial charge in [0, 0.05) is 38.5 Å². The lowest BCUT2D eigenvalue weighted by atomic mass is 9.96. The van der Waals surface area contributed by atoms with Crippen molar-refractivity contribution in [3.05, 3.63) is 206 Å². The normalized spacial score (nSPS) is 11.5. The number of fused-ring (bicyclic) bond motifs is 5. The van der Waals surface area contributed by atoms with Crippen LogP contribution in [0.3, 0.4) is 0 Å². The van der Waals surface area contributed by atoms with Crippen molar-refractivity contribution in [2.75, 3.05) is 4.90 Å². The Bertz CT molecular complexity index is 2890. The van der Waals surface area contributed by atoms with E-state index in [1.165, 1.54) is 71.3 Å². The highest BCUT2D eigenvalue weighted by Gasteiger charge is 2.22. The predicted molar refractivity (Wildman–Crippen MR) is 221 cm³/mol. The van der Waals surface area contributed by atoms with Crippen LogP contribution in [0.4, 0.5) is 17.1 Å². The number of hydrogen-bond acceptors (Lipinski definition) is 1. The van der Waals surface area contributed by atoms with Crippen LogP contribution < -0.4 is 4.90 Å². The van der Waals surface area contributed by atoms with Crippen LogP contribution in [0.15, 0.2) is 206 Å². The summed E-state index contributed by atoms with van der Waals surface area (Å²) >= 11 is 0. The number of anilines is 3. The standard InChI is InChI=1S/C50H34N2/c1-4-16-35(17-5-1)40-32-33-48(44-25-13-12-24-43(40)44)51(38-21-8-3-9-22-38)39-29-31-46-45-26-14-15-27-47(45)52(49(46)34-39)50-41-23-11-10-20-37(41)28-30-42(50)36-18-6-2-7-19-36/h1-34H. The van der Waals surface area contributed by atoms with E-state index in [-0.39, 0.29) is 0 Å². The van der Waals surface area contributed by atoms with Gasteiger partial charge < -0.3 is 9.47 Å². The van der Waals surface area contributed by atoms with Gasteiger partial charge in [-0.1, -0.05) is 170 Å². The molecule has 10 aromatic rings. The first-order valence-corrected chi connectivity index (χ1v) is 17.9. The maximum Gasteiger partial charge on any atom is 0.0618 e. The van der Waals surface area contributed by atoms with Crippen LogP contribution in [0.2, 0.25) is 0 Å². The number of nitrogens with zero attached hydrogens (tertiary/aromatic N) is 2. The summed E-state index contributed by atoms with van der Waals surface area (Å²) in [6.45, 7) is 0. The Hall–Kier alpha value is -6.90. The second kappa shape index (κ2) is 12.5. The Kier molecular flexibility index (Phi) is 7.18. The fourth-order valence-corrected chi connectivity index (χ4v) is 8.04. The third-order valence-electron chi connectivity index (χ3n) is 10.4. The number of aromatic nitrogens is 1. The molecule has 0 amide bonds. The fourth-order valence-electron chi connectivity index (χ4n) is 8.04. The van der Waals surface area contributed by atoms with Gasteiger partial charge in [-0.05, 0) is 63.9 Å². The van der Waals surface area contributed by atoms with E-state index in [4.69, 9.17) is 0 Å². The Balaban J connectivity index is 1.28. The van der Waals surface area contributed by atoms with Crippen LogP contribution >= 0.6 is 0 Å². The first-order valence-electron chi connectivity index (χ1n) is 17.9. The number of benzene rings is 9. The highest BCUT2D eigenvalue weighted by molar-refractivity contribution is 6.13. The van der Waals surface area contributed by atoms with Crippen LogP contribution in [0.1, 0.15) is 0 Å². The van der Waals surface area contributed by atoms with Crippen LogP contribution in [-0.2, 0) is 0 Å². The second-order valence-electron chi connectivity index (χ2n) is 13.3. The van der Waals surface area contributed by atoms with Crippen molar-refractivity contribution in [1.82, 2.24) is 4.57 Å². The average molecular weight is 663 g/mol. The van der Waals surface area contributed by atoms with E-state index in [9.17, 15) is 0 Å². The Morgan fingerprint density at radius 2 is 0.885 bits per heavy atom. The summed E-state index contributed by atoms with van der Waals surface area (Å²) < 4.78 is 2.50. The predicted octanol–water partition coefficient (Wildman–Crippen LogP) is 13.9. The van der Waals surface area contributed by atoms with Crippen molar-refractivity contribution < 1.29 is 0 Å². The molecular formula is C50H34N2. The van der Waals surface area contributed by atoms with Crippen LogP contribution in [0, 0.1) is 0 Å². The van der Waals surface area contributed by atoms with Gasteiger partial charge in [-0.15, -0.1) is 0 Å². The van der Waals surface area contributed by atoms with E-state index < -0.39 is 0 Å². The van der Waals surface area contributed by atoms with Gasteiger partial charge in [0.05, 0.1) is 22.4 Å². The summed E-state index contributed by atoms with van der Waals surface area (Å²) in [6, 6.07) is 74.7. The molecule has 0 aliphatic rings. The van der Waals surface area contributed by atoms with Gasteiger partial charge in [0.25, 0.3) is 0 Å². The lowest BCUT2D eigenvalue weighted by Gasteiger charge is -2.28. The molecule has 0 unspecified atom stereocenters. The topological polar surface area (TPSA) is 8.17 Å². The molecule has 0 aliphatic carbocycles.